The number of hydrogen-bond acceptors (Lipinski definition) is 5. The second-order valence-corrected chi connectivity index (χ2v) is 4.65. The number of hydrazine groups is 1. The zero-order valence-electron chi connectivity index (χ0n) is 11.4. The molecule has 0 amide bonds. The maximum absolute atomic E-state index is 11.3. The third-order valence-electron chi connectivity index (χ3n) is 2.93. The van der Waals surface area contributed by atoms with Crippen LogP contribution < -0.4 is 0 Å². The van der Waals surface area contributed by atoms with E-state index in [9.17, 15) is 10.0 Å². The fourth-order valence-electron chi connectivity index (χ4n) is 1.76. The van der Waals surface area contributed by atoms with Crippen LogP contribution in [-0.4, -0.2) is 40.7 Å². The molecule has 0 saturated carbocycles. The first-order valence-electron chi connectivity index (χ1n) is 6.39. The predicted molar refractivity (Wildman–Crippen MR) is 75.4 cm³/mol. The van der Waals surface area contributed by atoms with E-state index in [-0.39, 0.29) is 0 Å². The molecule has 0 aliphatic carbocycles. The van der Waals surface area contributed by atoms with Gasteiger partial charge in [-0.3, -0.25) is 5.21 Å². The number of carbonyl (C=O) groups excluding carboxylic acids is 1. The summed E-state index contributed by atoms with van der Waals surface area (Å²) < 4.78 is 5.03. The van der Waals surface area contributed by atoms with Gasteiger partial charge in [0.1, 0.15) is 0 Å². The second-order valence-electron chi connectivity index (χ2n) is 4.65. The Labute approximate surface area is 118 Å². The van der Waals surface area contributed by atoms with Gasteiger partial charge in [0, 0.05) is 12.1 Å². The summed E-state index contributed by atoms with van der Waals surface area (Å²) in [7, 11) is 0. The lowest BCUT2D eigenvalue weighted by atomic mass is 10.2. The van der Waals surface area contributed by atoms with Crippen LogP contribution in [0, 0.1) is 0 Å². The van der Waals surface area contributed by atoms with Crippen molar-refractivity contribution in [3.63, 3.8) is 0 Å². The van der Waals surface area contributed by atoms with E-state index in [1.165, 1.54) is 0 Å². The topological polar surface area (TPSA) is 53.0 Å². The molecule has 1 N–H and O–H groups in total. The smallest absolute Gasteiger partial charge is 0.334 e. The summed E-state index contributed by atoms with van der Waals surface area (Å²) in [5.41, 5.74) is 1.42. The summed E-state index contributed by atoms with van der Waals surface area (Å²) in [6.45, 7) is 6.08. The molecule has 20 heavy (non-hydrogen) atoms. The van der Waals surface area contributed by atoms with E-state index in [0.29, 0.717) is 18.7 Å². The molecule has 1 aliphatic rings. The fraction of sp³-hybridized carbons (Fsp3) is 0.267. The third kappa shape index (κ3) is 3.54. The summed E-state index contributed by atoms with van der Waals surface area (Å²) in [6, 6.07) is 9.90. The van der Waals surface area contributed by atoms with E-state index in [4.69, 9.17) is 4.74 Å². The van der Waals surface area contributed by atoms with Crippen LogP contribution in [0.2, 0.25) is 0 Å². The summed E-state index contributed by atoms with van der Waals surface area (Å²) >= 11 is 0. The van der Waals surface area contributed by atoms with Gasteiger partial charge in [-0.15, -0.1) is 0 Å². The minimum Gasteiger partial charge on any atom is -0.438 e. The lowest BCUT2D eigenvalue weighted by Gasteiger charge is -2.44. The van der Waals surface area contributed by atoms with Gasteiger partial charge < -0.3 is 4.74 Å². The average molecular weight is 274 g/mol. The normalized spacial score (nSPS) is 19.8. The van der Waals surface area contributed by atoms with Gasteiger partial charge in [0.2, 0.25) is 6.23 Å². The molecule has 5 heteroatoms. The first kappa shape index (κ1) is 14.5. The van der Waals surface area contributed by atoms with E-state index < -0.39 is 12.2 Å². The lowest BCUT2D eigenvalue weighted by Crippen LogP contribution is -2.64. The van der Waals surface area contributed by atoms with Gasteiger partial charge in [-0.1, -0.05) is 54.2 Å². The molecule has 0 bridgehead atoms. The van der Waals surface area contributed by atoms with Crippen molar-refractivity contribution in [2.75, 3.05) is 13.1 Å². The van der Waals surface area contributed by atoms with Crippen molar-refractivity contribution in [3.8, 4) is 0 Å². The number of esters is 1. The minimum atomic E-state index is -0.621. The van der Waals surface area contributed by atoms with Gasteiger partial charge in [-0.25, -0.2) is 9.80 Å². The Bertz CT molecular complexity index is 513. The third-order valence-corrected chi connectivity index (χ3v) is 2.93. The molecule has 0 spiro atoms. The van der Waals surface area contributed by atoms with Crippen molar-refractivity contribution < 1.29 is 14.7 Å². The number of rotatable bonds is 5. The SMILES string of the molecule is C=C(C)C(=O)OC1CN(CC=Cc2ccccc2)N1O. The van der Waals surface area contributed by atoms with Crippen LogP contribution in [0.1, 0.15) is 12.5 Å². The number of carbonyl (C=O) groups is 1. The van der Waals surface area contributed by atoms with Gasteiger partial charge in [-0.05, 0) is 12.5 Å². The van der Waals surface area contributed by atoms with E-state index in [0.717, 1.165) is 10.7 Å². The van der Waals surface area contributed by atoms with Crippen LogP contribution in [0.25, 0.3) is 6.08 Å². The van der Waals surface area contributed by atoms with Gasteiger partial charge in [0.05, 0.1) is 6.54 Å². The molecule has 1 saturated heterocycles. The molecule has 1 aromatic rings. The van der Waals surface area contributed by atoms with Gasteiger partial charge in [-0.2, -0.15) is 0 Å². The quantitative estimate of drug-likeness (QED) is 0.658. The molecule has 1 heterocycles. The highest BCUT2D eigenvalue weighted by Gasteiger charge is 2.37. The van der Waals surface area contributed by atoms with Crippen LogP contribution in [-0.2, 0) is 9.53 Å². The molecule has 1 aliphatic heterocycles. The highest BCUT2D eigenvalue weighted by Crippen LogP contribution is 2.17. The Morgan fingerprint density at radius 2 is 2.20 bits per heavy atom. The van der Waals surface area contributed by atoms with Crippen molar-refractivity contribution in [2.24, 2.45) is 0 Å². The van der Waals surface area contributed by atoms with Crippen LogP contribution >= 0.6 is 0 Å². The number of nitrogens with zero attached hydrogens (tertiary/aromatic N) is 2. The molecular weight excluding hydrogens is 256 g/mol. The highest BCUT2D eigenvalue weighted by molar-refractivity contribution is 5.87. The monoisotopic (exact) mass is 274 g/mol. The van der Waals surface area contributed by atoms with E-state index in [2.05, 4.69) is 6.58 Å². The average Bonchev–Trinajstić information content (AvgIpc) is 2.45. The van der Waals surface area contributed by atoms with Crippen molar-refractivity contribution in [2.45, 2.75) is 13.2 Å². The van der Waals surface area contributed by atoms with E-state index in [1.54, 1.807) is 11.9 Å². The second kappa shape index (κ2) is 6.47. The predicted octanol–water partition coefficient (Wildman–Crippen LogP) is 2.07. The maximum atomic E-state index is 11.3. The Morgan fingerprint density at radius 1 is 1.50 bits per heavy atom. The van der Waals surface area contributed by atoms with Crippen LogP contribution in [0.4, 0.5) is 0 Å². The van der Waals surface area contributed by atoms with Crippen molar-refractivity contribution >= 4 is 12.0 Å². The van der Waals surface area contributed by atoms with Crippen LogP contribution in [0.5, 0.6) is 0 Å². The highest BCUT2D eigenvalue weighted by atomic mass is 16.7. The summed E-state index contributed by atoms with van der Waals surface area (Å²) in [5.74, 6) is -0.492. The lowest BCUT2D eigenvalue weighted by molar-refractivity contribution is -0.386. The largest absolute Gasteiger partial charge is 0.438 e. The first-order valence-corrected chi connectivity index (χ1v) is 6.39. The van der Waals surface area contributed by atoms with Crippen molar-refractivity contribution in [3.05, 3.63) is 54.1 Å². The Balaban J connectivity index is 1.76. The van der Waals surface area contributed by atoms with Crippen LogP contribution in [0.3, 0.4) is 0 Å². The van der Waals surface area contributed by atoms with Gasteiger partial charge >= 0.3 is 5.97 Å². The fourth-order valence-corrected chi connectivity index (χ4v) is 1.76. The number of hydrogen-bond donors (Lipinski definition) is 1. The molecule has 0 aromatic heterocycles. The molecular formula is C15H18N2O3. The number of benzene rings is 1. The molecule has 106 valence electrons. The molecule has 1 fully saturated rings. The Hall–Kier alpha value is -1.95. The zero-order chi connectivity index (χ0) is 14.5. The number of hydroxylamine groups is 1. The summed E-state index contributed by atoms with van der Waals surface area (Å²) in [5, 5.41) is 12.3. The van der Waals surface area contributed by atoms with Crippen molar-refractivity contribution in [1.29, 1.82) is 0 Å². The molecule has 0 radical (unpaired) electrons. The van der Waals surface area contributed by atoms with Gasteiger partial charge in [0.15, 0.2) is 0 Å². The molecule has 1 aromatic carbocycles. The molecule has 1 atom stereocenters. The molecule has 5 nitrogen and oxygen atoms in total. The Morgan fingerprint density at radius 3 is 2.80 bits per heavy atom. The number of ether oxygens (including phenoxy) is 1. The summed E-state index contributed by atoms with van der Waals surface area (Å²) in [6.07, 6.45) is 3.29. The van der Waals surface area contributed by atoms with E-state index in [1.807, 2.05) is 42.5 Å². The van der Waals surface area contributed by atoms with Crippen molar-refractivity contribution in [1.82, 2.24) is 10.2 Å². The Kier molecular flexibility index (Phi) is 4.68. The van der Waals surface area contributed by atoms with Crippen LogP contribution in [0.15, 0.2) is 48.6 Å². The molecule has 2 rings (SSSR count). The maximum Gasteiger partial charge on any atom is 0.334 e. The standard InChI is InChI=1S/C15H18N2O3/c1-12(2)15(18)20-14-11-16(17(14)19)10-6-9-13-7-4-3-5-8-13/h3-9,14,19H,1,10-11H2,2H3. The summed E-state index contributed by atoms with van der Waals surface area (Å²) in [4.78, 5) is 11.3. The van der Waals surface area contributed by atoms with Gasteiger partial charge in [0.25, 0.3) is 0 Å². The molecule has 1 unspecified atom stereocenters. The zero-order valence-corrected chi connectivity index (χ0v) is 11.4. The first-order chi connectivity index (χ1) is 9.58. The van der Waals surface area contributed by atoms with E-state index >= 15 is 0 Å². The minimum absolute atomic E-state index is 0.320.